The Kier molecular flexibility index (Phi) is 8.36. The Balaban J connectivity index is 0.00000264. The van der Waals surface area contributed by atoms with E-state index in [2.05, 4.69) is 36.1 Å². The number of aromatic nitrogens is 1. The Morgan fingerprint density at radius 2 is 2.17 bits per heavy atom. The fourth-order valence-electron chi connectivity index (χ4n) is 3.19. The van der Waals surface area contributed by atoms with Crippen LogP contribution in [0.1, 0.15) is 50.6 Å². The van der Waals surface area contributed by atoms with Crippen LogP contribution in [0.5, 0.6) is 0 Å². The molecule has 132 valence electrons. The SMILES string of the molecule is CCNC(=NCc1c(C)noc1C)N1CCC(CC(C)C)C1.I. The van der Waals surface area contributed by atoms with Crippen molar-refractivity contribution in [3.63, 3.8) is 0 Å². The Morgan fingerprint density at radius 3 is 2.74 bits per heavy atom. The van der Waals surface area contributed by atoms with Crippen LogP contribution in [0, 0.1) is 25.7 Å². The molecule has 0 saturated carbocycles. The van der Waals surface area contributed by atoms with Gasteiger partial charge in [-0.25, -0.2) is 4.99 Å². The van der Waals surface area contributed by atoms with Crippen molar-refractivity contribution < 1.29 is 4.52 Å². The summed E-state index contributed by atoms with van der Waals surface area (Å²) in [4.78, 5) is 7.20. The molecule has 2 rings (SSSR count). The third kappa shape index (κ3) is 5.65. The van der Waals surface area contributed by atoms with Gasteiger partial charge >= 0.3 is 0 Å². The first kappa shape index (κ1) is 20.3. The van der Waals surface area contributed by atoms with E-state index >= 15 is 0 Å². The molecule has 1 saturated heterocycles. The van der Waals surface area contributed by atoms with Crippen molar-refractivity contribution >= 4 is 29.9 Å². The number of hydrogen-bond acceptors (Lipinski definition) is 3. The van der Waals surface area contributed by atoms with E-state index in [1.54, 1.807) is 0 Å². The van der Waals surface area contributed by atoms with Crippen LogP contribution in [0.4, 0.5) is 0 Å². The number of nitrogens with zero attached hydrogens (tertiary/aromatic N) is 3. The maximum Gasteiger partial charge on any atom is 0.194 e. The molecular weight excluding hydrogens is 403 g/mol. The maximum atomic E-state index is 5.22. The minimum atomic E-state index is 0. The van der Waals surface area contributed by atoms with Crippen molar-refractivity contribution in [1.29, 1.82) is 0 Å². The van der Waals surface area contributed by atoms with Gasteiger partial charge in [0.2, 0.25) is 0 Å². The second-order valence-electron chi connectivity index (χ2n) is 6.70. The highest BCUT2D eigenvalue weighted by atomic mass is 127. The lowest BCUT2D eigenvalue weighted by molar-refractivity contribution is 0.392. The topological polar surface area (TPSA) is 53.7 Å². The highest BCUT2D eigenvalue weighted by molar-refractivity contribution is 14.0. The number of guanidine groups is 1. The quantitative estimate of drug-likeness (QED) is 0.436. The molecule has 1 aromatic heterocycles. The van der Waals surface area contributed by atoms with E-state index in [0.717, 1.165) is 54.4 Å². The van der Waals surface area contributed by atoms with Crippen molar-refractivity contribution in [3.05, 3.63) is 17.0 Å². The average Bonchev–Trinajstić information content (AvgIpc) is 3.03. The van der Waals surface area contributed by atoms with Gasteiger partial charge in [-0.15, -0.1) is 24.0 Å². The summed E-state index contributed by atoms with van der Waals surface area (Å²) in [6, 6.07) is 0. The molecule has 5 nitrogen and oxygen atoms in total. The van der Waals surface area contributed by atoms with E-state index in [9.17, 15) is 0 Å². The predicted octanol–water partition coefficient (Wildman–Crippen LogP) is 3.74. The fourth-order valence-corrected chi connectivity index (χ4v) is 3.19. The van der Waals surface area contributed by atoms with Gasteiger partial charge in [0, 0.05) is 25.2 Å². The van der Waals surface area contributed by atoms with Gasteiger partial charge in [-0.1, -0.05) is 19.0 Å². The van der Waals surface area contributed by atoms with E-state index in [4.69, 9.17) is 9.52 Å². The van der Waals surface area contributed by atoms with Crippen molar-refractivity contribution in [2.45, 2.75) is 54.0 Å². The van der Waals surface area contributed by atoms with Crippen LogP contribution in [0.15, 0.2) is 9.52 Å². The van der Waals surface area contributed by atoms with Crippen molar-refractivity contribution in [3.8, 4) is 0 Å². The number of rotatable bonds is 5. The highest BCUT2D eigenvalue weighted by Gasteiger charge is 2.25. The molecule has 1 fully saturated rings. The molecule has 1 atom stereocenters. The Morgan fingerprint density at radius 1 is 1.43 bits per heavy atom. The monoisotopic (exact) mass is 434 g/mol. The molecule has 2 heterocycles. The van der Waals surface area contributed by atoms with Gasteiger partial charge in [-0.2, -0.15) is 0 Å². The van der Waals surface area contributed by atoms with Gasteiger partial charge in [-0.05, 0) is 45.4 Å². The van der Waals surface area contributed by atoms with Crippen LogP contribution in [-0.2, 0) is 6.54 Å². The standard InChI is InChI=1S/C17H30N4O.HI/c1-6-18-17(19-10-16-13(4)20-22-14(16)5)21-8-7-15(11-21)9-12(2)3;/h12,15H,6-11H2,1-5H3,(H,18,19);1H. The number of likely N-dealkylation sites (tertiary alicyclic amines) is 1. The number of halogens is 1. The highest BCUT2D eigenvalue weighted by Crippen LogP contribution is 2.23. The molecule has 1 aliphatic heterocycles. The molecule has 1 aromatic rings. The van der Waals surface area contributed by atoms with Crippen LogP contribution in [0.3, 0.4) is 0 Å². The lowest BCUT2D eigenvalue weighted by atomic mass is 9.97. The van der Waals surface area contributed by atoms with Crippen molar-refractivity contribution in [2.75, 3.05) is 19.6 Å². The van der Waals surface area contributed by atoms with E-state index in [-0.39, 0.29) is 24.0 Å². The predicted molar refractivity (Wildman–Crippen MR) is 105 cm³/mol. The van der Waals surface area contributed by atoms with Crippen LogP contribution < -0.4 is 5.32 Å². The largest absolute Gasteiger partial charge is 0.361 e. The number of aliphatic imine (C=N–C) groups is 1. The maximum absolute atomic E-state index is 5.22. The number of aryl methyl sites for hydroxylation is 2. The Labute approximate surface area is 157 Å². The molecule has 0 aromatic carbocycles. The van der Waals surface area contributed by atoms with Crippen molar-refractivity contribution in [1.82, 2.24) is 15.4 Å². The minimum absolute atomic E-state index is 0. The summed E-state index contributed by atoms with van der Waals surface area (Å²) < 4.78 is 5.22. The minimum Gasteiger partial charge on any atom is -0.361 e. The van der Waals surface area contributed by atoms with Crippen LogP contribution in [0.2, 0.25) is 0 Å². The summed E-state index contributed by atoms with van der Waals surface area (Å²) in [6.45, 7) is 14.4. The Hall–Kier alpha value is -0.790. The van der Waals surface area contributed by atoms with E-state index in [1.807, 2.05) is 13.8 Å². The summed E-state index contributed by atoms with van der Waals surface area (Å²) in [5.41, 5.74) is 2.05. The van der Waals surface area contributed by atoms with Gasteiger partial charge in [0.05, 0.1) is 12.2 Å². The molecule has 0 amide bonds. The zero-order chi connectivity index (χ0) is 16.1. The van der Waals surface area contributed by atoms with Gasteiger partial charge < -0.3 is 14.7 Å². The van der Waals surface area contributed by atoms with Crippen LogP contribution in [0.25, 0.3) is 0 Å². The van der Waals surface area contributed by atoms with Crippen LogP contribution in [-0.4, -0.2) is 35.7 Å². The molecule has 0 radical (unpaired) electrons. The normalized spacial score (nSPS) is 18.4. The lowest BCUT2D eigenvalue weighted by Gasteiger charge is -2.22. The first-order valence-electron chi connectivity index (χ1n) is 8.46. The third-order valence-electron chi connectivity index (χ3n) is 4.29. The van der Waals surface area contributed by atoms with Gasteiger partial charge in [-0.3, -0.25) is 0 Å². The number of hydrogen-bond donors (Lipinski definition) is 1. The molecule has 1 unspecified atom stereocenters. The molecule has 1 N–H and O–H groups in total. The summed E-state index contributed by atoms with van der Waals surface area (Å²) in [6.07, 6.45) is 2.58. The third-order valence-corrected chi connectivity index (χ3v) is 4.29. The summed E-state index contributed by atoms with van der Waals surface area (Å²) in [5, 5.41) is 7.43. The second kappa shape index (κ2) is 9.49. The second-order valence-corrected chi connectivity index (χ2v) is 6.70. The smallest absolute Gasteiger partial charge is 0.194 e. The Bertz CT molecular complexity index is 493. The molecule has 1 aliphatic rings. The average molecular weight is 434 g/mol. The van der Waals surface area contributed by atoms with E-state index in [1.165, 1.54) is 12.8 Å². The lowest BCUT2D eigenvalue weighted by Crippen LogP contribution is -2.40. The molecule has 0 spiro atoms. The summed E-state index contributed by atoms with van der Waals surface area (Å²) >= 11 is 0. The number of nitrogens with one attached hydrogen (secondary N) is 1. The first-order chi connectivity index (χ1) is 10.5. The zero-order valence-electron chi connectivity index (χ0n) is 15.1. The zero-order valence-corrected chi connectivity index (χ0v) is 17.4. The molecule has 23 heavy (non-hydrogen) atoms. The summed E-state index contributed by atoms with van der Waals surface area (Å²) in [7, 11) is 0. The van der Waals surface area contributed by atoms with Gasteiger partial charge in [0.15, 0.2) is 5.96 Å². The molecular formula is C17H31IN4O. The van der Waals surface area contributed by atoms with E-state index in [0.29, 0.717) is 6.54 Å². The first-order valence-corrected chi connectivity index (χ1v) is 8.46. The van der Waals surface area contributed by atoms with E-state index < -0.39 is 0 Å². The fraction of sp³-hybridized carbons (Fsp3) is 0.765. The summed E-state index contributed by atoms with van der Waals surface area (Å²) in [5.74, 6) is 3.46. The van der Waals surface area contributed by atoms with Gasteiger partial charge in [0.25, 0.3) is 0 Å². The van der Waals surface area contributed by atoms with Crippen LogP contribution >= 0.6 is 24.0 Å². The van der Waals surface area contributed by atoms with Gasteiger partial charge in [0.1, 0.15) is 5.76 Å². The molecule has 0 aliphatic carbocycles. The molecule has 6 heteroatoms. The van der Waals surface area contributed by atoms with Crippen molar-refractivity contribution in [2.24, 2.45) is 16.8 Å². The molecule has 0 bridgehead atoms.